The number of amides is 2. The molecule has 0 spiro atoms. The maximum atomic E-state index is 12.2. The normalized spacial score (nSPS) is 13.9. The SMILES string of the molecule is Cc1nc(CNC(=O)Nc2cccc3c2CN(CCC(C)C)C3)no1. The number of hydrogen-bond donors (Lipinski definition) is 2. The van der Waals surface area contributed by atoms with Crippen molar-refractivity contribution in [3.63, 3.8) is 0 Å². The van der Waals surface area contributed by atoms with E-state index in [9.17, 15) is 4.79 Å². The van der Waals surface area contributed by atoms with E-state index in [1.54, 1.807) is 6.92 Å². The summed E-state index contributed by atoms with van der Waals surface area (Å²) in [4.78, 5) is 18.7. The minimum atomic E-state index is -0.267. The van der Waals surface area contributed by atoms with Crippen molar-refractivity contribution in [2.24, 2.45) is 5.92 Å². The number of carbonyl (C=O) groups is 1. The van der Waals surface area contributed by atoms with E-state index < -0.39 is 0 Å². The van der Waals surface area contributed by atoms with Crippen molar-refractivity contribution < 1.29 is 9.32 Å². The number of benzene rings is 1. The zero-order valence-corrected chi connectivity index (χ0v) is 15.0. The van der Waals surface area contributed by atoms with Gasteiger partial charge in [0.05, 0.1) is 6.54 Å². The molecule has 2 N–H and O–H groups in total. The molecule has 0 radical (unpaired) electrons. The highest BCUT2D eigenvalue weighted by Crippen LogP contribution is 2.29. The van der Waals surface area contributed by atoms with Crippen LogP contribution >= 0.6 is 0 Å². The lowest BCUT2D eigenvalue weighted by molar-refractivity contribution is 0.251. The molecule has 0 atom stereocenters. The zero-order chi connectivity index (χ0) is 17.8. The van der Waals surface area contributed by atoms with Crippen LogP contribution in [-0.4, -0.2) is 27.6 Å². The number of fused-ring (bicyclic) bond motifs is 1. The van der Waals surface area contributed by atoms with Gasteiger partial charge in [-0.3, -0.25) is 4.90 Å². The maximum Gasteiger partial charge on any atom is 0.319 e. The van der Waals surface area contributed by atoms with Crippen molar-refractivity contribution in [2.75, 3.05) is 11.9 Å². The van der Waals surface area contributed by atoms with Crippen LogP contribution < -0.4 is 10.6 Å². The van der Waals surface area contributed by atoms with Crippen LogP contribution in [-0.2, 0) is 19.6 Å². The summed E-state index contributed by atoms with van der Waals surface area (Å²) >= 11 is 0. The highest BCUT2D eigenvalue weighted by Gasteiger charge is 2.22. The molecule has 2 amide bonds. The second-order valence-corrected chi connectivity index (χ2v) is 6.87. The van der Waals surface area contributed by atoms with Crippen LogP contribution in [0.4, 0.5) is 10.5 Å². The quantitative estimate of drug-likeness (QED) is 0.842. The average molecular weight is 343 g/mol. The van der Waals surface area contributed by atoms with E-state index in [-0.39, 0.29) is 12.6 Å². The molecule has 3 rings (SSSR count). The third-order valence-corrected chi connectivity index (χ3v) is 4.30. The molecule has 1 aromatic carbocycles. The molecule has 0 bridgehead atoms. The molecule has 0 fully saturated rings. The van der Waals surface area contributed by atoms with Crippen LogP contribution in [0.15, 0.2) is 22.7 Å². The summed E-state index contributed by atoms with van der Waals surface area (Å²) in [6, 6.07) is 5.80. The molecule has 25 heavy (non-hydrogen) atoms. The first-order chi connectivity index (χ1) is 12.0. The Morgan fingerprint density at radius 3 is 2.92 bits per heavy atom. The van der Waals surface area contributed by atoms with Crippen LogP contribution in [0.5, 0.6) is 0 Å². The van der Waals surface area contributed by atoms with Gasteiger partial charge in [-0.2, -0.15) is 4.98 Å². The third kappa shape index (κ3) is 4.57. The van der Waals surface area contributed by atoms with Gasteiger partial charge in [-0.15, -0.1) is 0 Å². The topological polar surface area (TPSA) is 83.3 Å². The molecule has 0 saturated carbocycles. The molecular formula is C18H25N5O2. The van der Waals surface area contributed by atoms with Gasteiger partial charge < -0.3 is 15.2 Å². The number of nitrogens with one attached hydrogen (secondary N) is 2. The second kappa shape index (κ2) is 7.65. The number of nitrogens with zero attached hydrogens (tertiary/aromatic N) is 3. The van der Waals surface area contributed by atoms with Crippen molar-refractivity contribution in [3.05, 3.63) is 41.0 Å². The molecule has 2 heterocycles. The van der Waals surface area contributed by atoms with Crippen molar-refractivity contribution in [1.29, 1.82) is 0 Å². The molecule has 0 saturated heterocycles. The first-order valence-electron chi connectivity index (χ1n) is 8.68. The fourth-order valence-electron chi connectivity index (χ4n) is 2.94. The number of aromatic nitrogens is 2. The molecule has 134 valence electrons. The summed E-state index contributed by atoms with van der Waals surface area (Å²) in [5.74, 6) is 1.64. The molecule has 0 aliphatic carbocycles. The summed E-state index contributed by atoms with van der Waals surface area (Å²) in [5, 5.41) is 9.46. The van der Waals surface area contributed by atoms with E-state index in [0.717, 1.165) is 25.3 Å². The highest BCUT2D eigenvalue weighted by molar-refractivity contribution is 5.90. The fourth-order valence-corrected chi connectivity index (χ4v) is 2.94. The Morgan fingerprint density at radius 2 is 2.20 bits per heavy atom. The number of urea groups is 1. The lowest BCUT2D eigenvalue weighted by Crippen LogP contribution is -2.29. The number of anilines is 1. The van der Waals surface area contributed by atoms with Gasteiger partial charge in [0.25, 0.3) is 0 Å². The van der Waals surface area contributed by atoms with Crippen LogP contribution in [0.2, 0.25) is 0 Å². The first-order valence-corrected chi connectivity index (χ1v) is 8.68. The van der Waals surface area contributed by atoms with E-state index in [2.05, 4.69) is 45.6 Å². The lowest BCUT2D eigenvalue weighted by atomic mass is 10.1. The Hall–Kier alpha value is -2.41. The van der Waals surface area contributed by atoms with Crippen LogP contribution in [0.25, 0.3) is 0 Å². The van der Waals surface area contributed by atoms with Gasteiger partial charge in [-0.1, -0.05) is 31.1 Å². The van der Waals surface area contributed by atoms with Gasteiger partial charge >= 0.3 is 6.03 Å². The largest absolute Gasteiger partial charge is 0.340 e. The van der Waals surface area contributed by atoms with Gasteiger partial charge in [-0.25, -0.2) is 4.79 Å². The number of rotatable bonds is 6. The Labute approximate surface area is 147 Å². The Kier molecular flexibility index (Phi) is 5.33. The second-order valence-electron chi connectivity index (χ2n) is 6.87. The van der Waals surface area contributed by atoms with E-state index in [0.29, 0.717) is 17.6 Å². The minimum Gasteiger partial charge on any atom is -0.340 e. The van der Waals surface area contributed by atoms with Crippen LogP contribution in [0.3, 0.4) is 0 Å². The Bertz CT molecular complexity index is 741. The smallest absolute Gasteiger partial charge is 0.319 e. The molecule has 1 aromatic heterocycles. The lowest BCUT2D eigenvalue weighted by Gasteiger charge is -2.16. The minimum absolute atomic E-state index is 0.235. The monoisotopic (exact) mass is 343 g/mol. The van der Waals surface area contributed by atoms with Crippen molar-refractivity contribution >= 4 is 11.7 Å². The van der Waals surface area contributed by atoms with Crippen LogP contribution in [0.1, 0.15) is 43.1 Å². The van der Waals surface area contributed by atoms with Gasteiger partial charge in [0.15, 0.2) is 5.82 Å². The summed E-state index contributed by atoms with van der Waals surface area (Å²) in [5.41, 5.74) is 3.36. The van der Waals surface area contributed by atoms with Gasteiger partial charge in [-0.05, 0) is 36.1 Å². The maximum absolute atomic E-state index is 12.2. The molecule has 2 aromatic rings. The van der Waals surface area contributed by atoms with E-state index in [1.807, 2.05) is 12.1 Å². The Balaban J connectivity index is 1.57. The van der Waals surface area contributed by atoms with Gasteiger partial charge in [0.1, 0.15) is 0 Å². The van der Waals surface area contributed by atoms with Crippen molar-refractivity contribution in [3.8, 4) is 0 Å². The van der Waals surface area contributed by atoms with Gasteiger partial charge in [0.2, 0.25) is 5.89 Å². The highest BCUT2D eigenvalue weighted by atomic mass is 16.5. The average Bonchev–Trinajstić information content (AvgIpc) is 3.17. The van der Waals surface area contributed by atoms with Crippen LogP contribution in [0, 0.1) is 12.8 Å². The number of carbonyl (C=O) groups excluding carboxylic acids is 1. The summed E-state index contributed by atoms with van der Waals surface area (Å²) in [6.45, 7) is 9.34. The molecule has 7 nitrogen and oxygen atoms in total. The molecule has 0 unspecified atom stereocenters. The van der Waals surface area contributed by atoms with Crippen molar-refractivity contribution in [2.45, 2.75) is 46.8 Å². The fraction of sp³-hybridized carbons (Fsp3) is 0.500. The number of aryl methyl sites for hydroxylation is 1. The third-order valence-electron chi connectivity index (χ3n) is 4.30. The number of hydrogen-bond acceptors (Lipinski definition) is 5. The van der Waals surface area contributed by atoms with E-state index >= 15 is 0 Å². The standard InChI is InChI=1S/C18H25N5O2/c1-12(2)7-8-23-10-14-5-4-6-16(15(14)11-23)21-18(24)19-9-17-20-13(3)25-22-17/h4-6,12H,7-11H2,1-3H3,(H2,19,21,24). The zero-order valence-electron chi connectivity index (χ0n) is 15.0. The summed E-state index contributed by atoms with van der Waals surface area (Å²) < 4.78 is 4.89. The van der Waals surface area contributed by atoms with E-state index in [1.165, 1.54) is 17.5 Å². The molecule has 1 aliphatic heterocycles. The van der Waals surface area contributed by atoms with Gasteiger partial charge in [0, 0.05) is 25.7 Å². The molecule has 7 heteroatoms. The predicted molar refractivity (Wildman–Crippen MR) is 94.9 cm³/mol. The predicted octanol–water partition coefficient (Wildman–Crippen LogP) is 3.06. The summed E-state index contributed by atoms with van der Waals surface area (Å²) in [6.07, 6.45) is 1.18. The molecular weight excluding hydrogens is 318 g/mol. The van der Waals surface area contributed by atoms with E-state index in [4.69, 9.17) is 4.52 Å². The first kappa shape index (κ1) is 17.4. The summed E-state index contributed by atoms with van der Waals surface area (Å²) in [7, 11) is 0. The van der Waals surface area contributed by atoms with Crippen molar-refractivity contribution in [1.82, 2.24) is 20.4 Å². The Morgan fingerprint density at radius 1 is 1.36 bits per heavy atom. The molecule has 1 aliphatic rings.